The first-order valence-electron chi connectivity index (χ1n) is 19.5. The molecule has 3 heteroatoms. The molecule has 1 atom stereocenters. The Hall–Kier alpha value is -5.84. The molecule has 0 heterocycles. The third-order valence-corrected chi connectivity index (χ3v) is 18.4. The standard InChI is InChI=1S/C53H41OP2/c1-5-19-41(20-6-1)55(51-36-35-49-47-28-14-18-39-17-13-27-46(52(39)47)48-29-15-30-50(51)53(48)49)42-33-31-40(32-34-42)54-37-16-38-56(43-21-7-2-8-22-43,44-23-9-3-10-24-44)45-25-11-4-12-26-45/h1-15,17-36H,16,37-38H2/q+1. The van der Waals surface area contributed by atoms with Crippen LogP contribution in [0.2, 0.25) is 0 Å². The van der Waals surface area contributed by atoms with Gasteiger partial charge in [0, 0.05) is 6.42 Å². The summed E-state index contributed by atoms with van der Waals surface area (Å²) in [4.78, 5) is 0. The van der Waals surface area contributed by atoms with E-state index < -0.39 is 15.2 Å². The van der Waals surface area contributed by atoms with Crippen molar-refractivity contribution in [3.8, 4) is 5.75 Å². The highest BCUT2D eigenvalue weighted by molar-refractivity contribution is 7.95. The molecule has 1 unspecified atom stereocenters. The van der Waals surface area contributed by atoms with Crippen LogP contribution in [0.15, 0.2) is 212 Å². The summed E-state index contributed by atoms with van der Waals surface area (Å²) in [5.41, 5.74) is 0. The summed E-state index contributed by atoms with van der Waals surface area (Å²) in [7, 11) is -2.73. The van der Waals surface area contributed by atoms with Gasteiger partial charge in [-0.25, -0.2) is 0 Å². The fourth-order valence-corrected chi connectivity index (χ4v) is 15.6. The van der Waals surface area contributed by atoms with Crippen molar-refractivity contribution in [3.05, 3.63) is 212 Å². The smallest absolute Gasteiger partial charge is 0.119 e. The van der Waals surface area contributed by atoms with E-state index >= 15 is 0 Å². The summed E-state index contributed by atoms with van der Waals surface area (Å²) in [5, 5.41) is 19.0. The fourth-order valence-electron chi connectivity index (χ4n) is 8.89. The van der Waals surface area contributed by atoms with Gasteiger partial charge in [-0.1, -0.05) is 164 Å². The van der Waals surface area contributed by atoms with Gasteiger partial charge in [0.25, 0.3) is 0 Å². The molecule has 0 fully saturated rings. The quantitative estimate of drug-likeness (QED) is 0.0553. The molecule has 10 aromatic rings. The van der Waals surface area contributed by atoms with E-state index in [2.05, 4.69) is 212 Å². The van der Waals surface area contributed by atoms with Gasteiger partial charge in [-0.3, -0.25) is 0 Å². The Labute approximate surface area is 330 Å². The topological polar surface area (TPSA) is 9.23 Å². The number of rotatable bonds is 11. The minimum Gasteiger partial charge on any atom is -0.493 e. The summed E-state index contributed by atoms with van der Waals surface area (Å²) >= 11 is 0. The van der Waals surface area contributed by atoms with Crippen molar-refractivity contribution in [1.82, 2.24) is 0 Å². The van der Waals surface area contributed by atoms with Crippen molar-refractivity contribution in [3.63, 3.8) is 0 Å². The fraction of sp³-hybridized carbons (Fsp3) is 0.0566. The zero-order valence-electron chi connectivity index (χ0n) is 31.1. The second-order valence-corrected chi connectivity index (χ2v) is 20.3. The largest absolute Gasteiger partial charge is 0.493 e. The van der Waals surface area contributed by atoms with Gasteiger partial charge in [0.2, 0.25) is 0 Å². The highest BCUT2D eigenvalue weighted by Crippen LogP contribution is 2.55. The van der Waals surface area contributed by atoms with Crippen LogP contribution in [0.1, 0.15) is 6.42 Å². The van der Waals surface area contributed by atoms with Gasteiger partial charge in [0.15, 0.2) is 0 Å². The molecule has 0 spiro atoms. The first-order chi connectivity index (χ1) is 27.8. The van der Waals surface area contributed by atoms with Crippen LogP contribution in [0, 0.1) is 0 Å². The molecule has 56 heavy (non-hydrogen) atoms. The maximum atomic E-state index is 6.56. The molecule has 0 saturated heterocycles. The van der Waals surface area contributed by atoms with Crippen LogP contribution in [-0.4, -0.2) is 12.8 Å². The molecule has 0 amide bonds. The van der Waals surface area contributed by atoms with Crippen LogP contribution in [0.5, 0.6) is 5.75 Å². The molecule has 10 rings (SSSR count). The number of hydrogen-bond acceptors (Lipinski definition) is 1. The Bertz CT molecular complexity index is 2750. The third-order valence-electron chi connectivity index (χ3n) is 11.4. The molecular formula is C53H41OP2+. The molecular weight excluding hydrogens is 715 g/mol. The summed E-state index contributed by atoms with van der Waals surface area (Å²) in [6.45, 7) is 0.657. The highest BCUT2D eigenvalue weighted by atomic mass is 31.2. The molecule has 0 aliphatic carbocycles. The molecule has 0 bridgehead atoms. The Morgan fingerprint density at radius 3 is 1.41 bits per heavy atom. The monoisotopic (exact) mass is 755 g/mol. The minimum absolute atomic E-state index is 0.657. The molecule has 0 radical (unpaired) electrons. The van der Waals surface area contributed by atoms with Crippen LogP contribution in [-0.2, 0) is 0 Å². The Balaban J connectivity index is 0.975. The van der Waals surface area contributed by atoms with Gasteiger partial charge >= 0.3 is 0 Å². The van der Waals surface area contributed by atoms with Gasteiger partial charge in [-0.05, 0) is 115 Å². The van der Waals surface area contributed by atoms with E-state index in [0.29, 0.717) is 6.61 Å². The minimum atomic E-state index is -1.90. The van der Waals surface area contributed by atoms with E-state index in [1.807, 2.05) is 0 Å². The Morgan fingerprint density at radius 2 is 0.839 bits per heavy atom. The van der Waals surface area contributed by atoms with E-state index in [1.165, 1.54) is 74.9 Å². The van der Waals surface area contributed by atoms with Gasteiger partial charge < -0.3 is 4.74 Å². The summed E-state index contributed by atoms with van der Waals surface area (Å²) in [6.07, 6.45) is 1.98. The van der Waals surface area contributed by atoms with E-state index in [1.54, 1.807) is 0 Å². The predicted molar refractivity (Wildman–Crippen MR) is 246 cm³/mol. The van der Waals surface area contributed by atoms with Gasteiger partial charge in [0.1, 0.15) is 28.9 Å². The number of benzene rings is 10. The lowest BCUT2D eigenvalue weighted by Crippen LogP contribution is -2.33. The molecule has 10 aromatic carbocycles. The summed E-state index contributed by atoms with van der Waals surface area (Å²) in [6, 6.07) is 78.5. The van der Waals surface area contributed by atoms with Crippen LogP contribution < -0.4 is 36.6 Å². The van der Waals surface area contributed by atoms with E-state index in [0.717, 1.165) is 18.3 Å². The molecule has 0 saturated carbocycles. The molecule has 0 aliphatic heterocycles. The maximum absolute atomic E-state index is 6.56. The van der Waals surface area contributed by atoms with E-state index in [9.17, 15) is 0 Å². The summed E-state index contributed by atoms with van der Waals surface area (Å²) in [5.74, 6) is 0.918. The normalized spacial score (nSPS) is 12.4. The number of hydrogen-bond donors (Lipinski definition) is 0. The predicted octanol–water partition coefficient (Wildman–Crippen LogP) is 11.3. The van der Waals surface area contributed by atoms with Gasteiger partial charge in [-0.15, -0.1) is 0 Å². The SMILES string of the molecule is c1ccc(P(c2ccc(OCCC[P+](c3ccccc3)(c3ccccc3)c3ccccc3)cc2)c2ccc3c4cccc5cccc(c6cccc2c63)c54)cc1. The summed E-state index contributed by atoms with van der Waals surface area (Å²) < 4.78 is 6.56. The first kappa shape index (κ1) is 34.6. The van der Waals surface area contributed by atoms with Crippen LogP contribution in [0.3, 0.4) is 0 Å². The lowest BCUT2D eigenvalue weighted by atomic mass is 9.90. The lowest BCUT2D eigenvalue weighted by molar-refractivity contribution is 0.318. The van der Waals surface area contributed by atoms with Crippen molar-refractivity contribution in [2.75, 3.05) is 12.8 Å². The molecule has 1 nitrogen and oxygen atoms in total. The molecule has 268 valence electrons. The third kappa shape index (κ3) is 6.04. The number of fused-ring (bicyclic) bond motifs is 2. The second kappa shape index (κ2) is 15.0. The zero-order chi connectivity index (χ0) is 37.3. The van der Waals surface area contributed by atoms with E-state index in [-0.39, 0.29) is 0 Å². The van der Waals surface area contributed by atoms with Crippen LogP contribution in [0.4, 0.5) is 0 Å². The van der Waals surface area contributed by atoms with Gasteiger partial charge in [0.05, 0.1) is 12.8 Å². The van der Waals surface area contributed by atoms with Crippen LogP contribution >= 0.6 is 15.2 Å². The lowest BCUT2D eigenvalue weighted by Gasteiger charge is -2.27. The molecule has 0 aliphatic rings. The molecule has 0 N–H and O–H groups in total. The molecule has 0 aromatic heterocycles. The zero-order valence-corrected chi connectivity index (χ0v) is 32.9. The van der Waals surface area contributed by atoms with Crippen molar-refractivity contribution in [2.45, 2.75) is 6.42 Å². The maximum Gasteiger partial charge on any atom is 0.119 e. The average Bonchev–Trinajstić information content (AvgIpc) is 3.28. The second-order valence-electron chi connectivity index (χ2n) is 14.5. The first-order valence-corrected chi connectivity index (χ1v) is 22.8. The number of ether oxygens (including phenoxy) is 1. The van der Waals surface area contributed by atoms with E-state index in [4.69, 9.17) is 4.74 Å². The van der Waals surface area contributed by atoms with Crippen molar-refractivity contribution < 1.29 is 4.74 Å². The van der Waals surface area contributed by atoms with Gasteiger partial charge in [-0.2, -0.15) is 0 Å². The Morgan fingerprint density at radius 1 is 0.375 bits per heavy atom. The van der Waals surface area contributed by atoms with Crippen molar-refractivity contribution in [1.29, 1.82) is 0 Å². The average molecular weight is 756 g/mol. The van der Waals surface area contributed by atoms with Crippen molar-refractivity contribution in [2.24, 2.45) is 0 Å². The van der Waals surface area contributed by atoms with Crippen molar-refractivity contribution >= 4 is 90.1 Å². The Kier molecular flexibility index (Phi) is 9.28. The van der Waals surface area contributed by atoms with Crippen LogP contribution in [0.25, 0.3) is 43.1 Å². The highest BCUT2D eigenvalue weighted by Gasteiger charge is 2.44.